The molecular weight excluding hydrogens is 526 g/mol. The van der Waals surface area contributed by atoms with Crippen molar-refractivity contribution in [2.45, 2.75) is 26.4 Å². The van der Waals surface area contributed by atoms with Gasteiger partial charge >= 0.3 is 6.18 Å². The lowest BCUT2D eigenvalue weighted by atomic mass is 10.1. The number of anilines is 1. The maximum Gasteiger partial charge on any atom is 0.405 e. The molecule has 190 valence electrons. The van der Waals surface area contributed by atoms with E-state index in [-0.39, 0.29) is 10.8 Å². The minimum absolute atomic E-state index is 0.0315. The van der Waals surface area contributed by atoms with Crippen LogP contribution in [-0.4, -0.2) is 59.7 Å². The Morgan fingerprint density at radius 3 is 2.66 bits per heavy atom. The Bertz CT molecular complexity index is 1190. The van der Waals surface area contributed by atoms with Gasteiger partial charge in [-0.25, -0.2) is 9.97 Å². The lowest BCUT2D eigenvalue weighted by molar-refractivity contribution is -0.123. The molecule has 0 aromatic carbocycles. The Morgan fingerprint density at radius 1 is 1.29 bits per heavy atom. The summed E-state index contributed by atoms with van der Waals surface area (Å²) in [5.74, 6) is -0.538. The van der Waals surface area contributed by atoms with Crippen LogP contribution in [0.15, 0.2) is 34.0 Å². The predicted molar refractivity (Wildman–Crippen MR) is 133 cm³/mol. The average molecular weight is 550 g/mol. The highest BCUT2D eigenvalue weighted by atomic mass is 35.5. The molecule has 7 nitrogen and oxygen atoms in total. The summed E-state index contributed by atoms with van der Waals surface area (Å²) in [6.45, 7) is 5.55. The van der Waals surface area contributed by atoms with Crippen molar-refractivity contribution in [2.24, 2.45) is 0 Å². The fourth-order valence-electron chi connectivity index (χ4n) is 3.32. The number of carbonyl (C=O) groups is 1. The second-order valence-electron chi connectivity index (χ2n) is 7.52. The molecule has 0 fully saturated rings. The molecule has 3 N–H and O–H groups in total. The molecule has 1 amide bonds. The Hall–Kier alpha value is -2.34. The van der Waals surface area contributed by atoms with Crippen molar-refractivity contribution in [1.82, 2.24) is 20.2 Å². The van der Waals surface area contributed by atoms with Crippen molar-refractivity contribution in [3.8, 4) is 0 Å². The summed E-state index contributed by atoms with van der Waals surface area (Å²) >= 11 is 13.9. The van der Waals surface area contributed by atoms with Crippen LogP contribution in [0.4, 0.5) is 19.1 Å². The van der Waals surface area contributed by atoms with Gasteiger partial charge in [-0.15, -0.1) is 11.3 Å². The van der Waals surface area contributed by atoms with E-state index in [9.17, 15) is 18.0 Å². The van der Waals surface area contributed by atoms with E-state index in [2.05, 4.69) is 28.7 Å². The zero-order chi connectivity index (χ0) is 25.8. The normalized spacial score (nSPS) is 14.7. The van der Waals surface area contributed by atoms with Gasteiger partial charge < -0.3 is 20.7 Å². The molecule has 2 aromatic rings. The highest BCUT2D eigenvalue weighted by Gasteiger charge is 2.29. The van der Waals surface area contributed by atoms with Gasteiger partial charge in [0.05, 0.1) is 15.6 Å². The van der Waals surface area contributed by atoms with Crippen molar-refractivity contribution >= 4 is 62.2 Å². The average Bonchev–Trinajstić information content (AvgIpc) is 3.17. The first kappa shape index (κ1) is 27.3. The molecule has 1 aliphatic carbocycles. The number of hydrogen-bond acceptors (Lipinski definition) is 7. The number of nitrogens with zero attached hydrogens (tertiary/aromatic N) is 3. The number of amides is 1. The smallest absolute Gasteiger partial charge is 0.405 e. The molecule has 0 saturated carbocycles. The first-order valence-electron chi connectivity index (χ1n) is 10.8. The number of fused-ring (bicyclic) bond motifs is 1. The molecule has 0 saturated heterocycles. The third-order valence-electron chi connectivity index (χ3n) is 5.16. The van der Waals surface area contributed by atoms with E-state index >= 15 is 0 Å². The van der Waals surface area contributed by atoms with Crippen molar-refractivity contribution in [1.29, 1.82) is 0 Å². The molecule has 35 heavy (non-hydrogen) atoms. The van der Waals surface area contributed by atoms with Crippen molar-refractivity contribution in [3.63, 3.8) is 0 Å². The second-order valence-corrected chi connectivity index (χ2v) is 9.41. The number of allylic oxidation sites excluding steroid dienone is 5. The van der Waals surface area contributed by atoms with Crippen LogP contribution in [0, 0.1) is 0 Å². The van der Waals surface area contributed by atoms with Crippen LogP contribution in [0.25, 0.3) is 15.8 Å². The first-order valence-corrected chi connectivity index (χ1v) is 12.3. The Kier molecular flexibility index (Phi) is 9.03. The van der Waals surface area contributed by atoms with Crippen molar-refractivity contribution < 1.29 is 22.7 Å². The molecule has 3 rings (SSSR count). The molecule has 0 atom stereocenters. The van der Waals surface area contributed by atoms with Crippen LogP contribution in [0.5, 0.6) is 0 Å². The third kappa shape index (κ3) is 7.09. The summed E-state index contributed by atoms with van der Waals surface area (Å²) in [6.07, 6.45) is -0.847. The number of likely N-dealkylation sites (N-methyl/N-ethyl adjacent to an activating group) is 1. The van der Waals surface area contributed by atoms with Gasteiger partial charge in [0.15, 0.2) is 0 Å². The van der Waals surface area contributed by atoms with Crippen molar-refractivity contribution in [3.05, 3.63) is 44.6 Å². The number of aromatic nitrogens is 2. The number of ether oxygens (including phenoxy) is 1. The second kappa shape index (κ2) is 11.6. The molecule has 0 bridgehead atoms. The zero-order valence-electron chi connectivity index (χ0n) is 19.0. The highest BCUT2D eigenvalue weighted by Crippen LogP contribution is 2.38. The number of carbonyl (C=O) groups excluding carboxylic acids is 1. The predicted octanol–water partition coefficient (Wildman–Crippen LogP) is 5.28. The van der Waals surface area contributed by atoms with Gasteiger partial charge in [0.1, 0.15) is 23.7 Å². The maximum atomic E-state index is 12.5. The van der Waals surface area contributed by atoms with E-state index in [1.807, 2.05) is 5.32 Å². The number of nitrogens with one attached hydrogen (secondary N) is 1. The summed E-state index contributed by atoms with van der Waals surface area (Å²) in [7, 11) is 0. The van der Waals surface area contributed by atoms with Crippen LogP contribution < -0.4 is 11.1 Å². The topological polar surface area (TPSA) is 93.4 Å². The number of nitrogen functional groups attached to an aromatic ring is 1. The van der Waals surface area contributed by atoms with E-state index < -0.39 is 18.6 Å². The standard InChI is InChI=1S/C22H24Cl2F3N5O2S/c1-3-32(4-2)7-8-34-16-9-12(14(23)5-6-15(16)24)18-13-10-17(19(33)29-11-22(25,26)27)35-20(13)31-21(28)30-18/h5,9-10H,3-4,6-8,11H2,1-2H3,(H,29,33)(H2,28,30,31). The molecule has 0 aliphatic heterocycles. The van der Waals surface area contributed by atoms with Gasteiger partial charge in [-0.05, 0) is 25.2 Å². The molecular formula is C22H24Cl2F3N5O2S. The Balaban J connectivity index is 1.97. The van der Waals surface area contributed by atoms with Gasteiger partial charge in [-0.2, -0.15) is 13.2 Å². The Morgan fingerprint density at radius 2 is 2.00 bits per heavy atom. The summed E-state index contributed by atoms with van der Waals surface area (Å²) in [4.78, 5) is 23.3. The molecule has 1 aliphatic rings. The number of halogens is 5. The summed E-state index contributed by atoms with van der Waals surface area (Å²) in [5.41, 5.74) is 6.65. The van der Waals surface area contributed by atoms with E-state index in [1.165, 1.54) is 6.07 Å². The fourth-order valence-corrected chi connectivity index (χ4v) is 4.68. The van der Waals surface area contributed by atoms with Gasteiger partial charge in [-0.3, -0.25) is 4.79 Å². The maximum absolute atomic E-state index is 12.5. The number of thiophene rings is 1. The quantitative estimate of drug-likeness (QED) is 0.441. The minimum atomic E-state index is -4.53. The van der Waals surface area contributed by atoms with Crippen molar-refractivity contribution in [2.75, 3.05) is 38.5 Å². The molecule has 2 heterocycles. The van der Waals surface area contributed by atoms with Crippen LogP contribution in [0.1, 0.15) is 35.6 Å². The molecule has 13 heteroatoms. The van der Waals surface area contributed by atoms with Gasteiger partial charge in [-0.1, -0.05) is 43.1 Å². The monoisotopic (exact) mass is 549 g/mol. The molecule has 0 spiro atoms. The van der Waals surface area contributed by atoms with E-state index in [0.717, 1.165) is 24.4 Å². The van der Waals surface area contributed by atoms with Crippen LogP contribution >= 0.6 is 34.5 Å². The van der Waals surface area contributed by atoms with Crippen LogP contribution in [-0.2, 0) is 4.74 Å². The van der Waals surface area contributed by atoms with E-state index in [1.54, 1.807) is 12.2 Å². The summed E-state index contributed by atoms with van der Waals surface area (Å²) in [6, 6.07) is 1.42. The van der Waals surface area contributed by atoms with Gasteiger partial charge in [0.25, 0.3) is 5.91 Å². The summed E-state index contributed by atoms with van der Waals surface area (Å²) in [5, 5.41) is 3.05. The largest absolute Gasteiger partial charge is 0.491 e. The van der Waals surface area contributed by atoms with Gasteiger partial charge in [0.2, 0.25) is 5.95 Å². The lowest BCUT2D eigenvalue weighted by Crippen LogP contribution is -2.33. The van der Waals surface area contributed by atoms with Gasteiger partial charge in [0, 0.05) is 29.0 Å². The SMILES string of the molecule is CCN(CC)CCOC1=C(Cl)CC=C(Cl)C(c2nc(N)nc3sc(C(=O)NCC(F)(F)F)cc23)=C1. The van der Waals surface area contributed by atoms with Crippen LogP contribution in [0.3, 0.4) is 0 Å². The highest BCUT2D eigenvalue weighted by molar-refractivity contribution is 7.20. The molecule has 0 unspecified atom stereocenters. The number of hydrogen-bond donors (Lipinski definition) is 2. The fraction of sp³-hybridized carbons (Fsp3) is 0.409. The zero-order valence-corrected chi connectivity index (χ0v) is 21.3. The van der Waals surface area contributed by atoms with Crippen LogP contribution in [0.2, 0.25) is 0 Å². The van der Waals surface area contributed by atoms with E-state index in [4.69, 9.17) is 33.7 Å². The first-order chi connectivity index (χ1) is 16.5. The van der Waals surface area contributed by atoms with E-state index in [0.29, 0.717) is 56.9 Å². The Labute approximate surface area is 214 Å². The molecule has 2 aromatic heterocycles. The minimum Gasteiger partial charge on any atom is -0.491 e. The number of rotatable bonds is 9. The third-order valence-corrected chi connectivity index (χ3v) is 6.88. The number of alkyl halides is 3. The lowest BCUT2D eigenvalue weighted by Gasteiger charge is -2.18. The summed E-state index contributed by atoms with van der Waals surface area (Å²) < 4.78 is 43.5. The number of nitrogens with two attached hydrogens (primary N) is 1. The molecule has 0 radical (unpaired) electrons.